The van der Waals surface area contributed by atoms with Crippen molar-refractivity contribution in [1.29, 1.82) is 0 Å². The van der Waals surface area contributed by atoms with E-state index in [0.29, 0.717) is 12.5 Å². The molecule has 0 aromatic rings. The molecule has 5 heteroatoms. The number of unbranched alkanes of at least 4 members (excludes halogenated alkanes) is 3. The number of hydrogen-bond donors (Lipinski definition) is 1. The maximum atomic E-state index is 13.2. The van der Waals surface area contributed by atoms with Crippen LogP contribution in [0.25, 0.3) is 0 Å². The molecule has 0 aromatic carbocycles. The van der Waals surface area contributed by atoms with Crippen LogP contribution in [0.15, 0.2) is 22.8 Å². The fourth-order valence-electron chi connectivity index (χ4n) is 4.16. The van der Waals surface area contributed by atoms with Crippen LogP contribution in [-0.2, 0) is 0 Å². The molecule has 1 unspecified atom stereocenters. The lowest BCUT2D eigenvalue weighted by atomic mass is 9.80. The molecule has 1 saturated heterocycles. The van der Waals surface area contributed by atoms with Gasteiger partial charge in [-0.3, -0.25) is 4.90 Å². The highest BCUT2D eigenvalue weighted by Crippen LogP contribution is 2.41. The molecule has 2 atom stereocenters. The first-order valence-electron chi connectivity index (χ1n) is 9.77. The number of piperazine rings is 1. The van der Waals surface area contributed by atoms with Gasteiger partial charge in [0.05, 0.1) is 0 Å². The van der Waals surface area contributed by atoms with Gasteiger partial charge in [0.15, 0.2) is 0 Å². The van der Waals surface area contributed by atoms with Gasteiger partial charge in [-0.25, -0.2) is 0 Å². The monoisotopic (exact) mass is 358 g/mol. The van der Waals surface area contributed by atoms with Gasteiger partial charge in [-0.2, -0.15) is 13.2 Å². The van der Waals surface area contributed by atoms with Gasteiger partial charge in [0.25, 0.3) is 0 Å². The van der Waals surface area contributed by atoms with E-state index in [9.17, 15) is 13.2 Å². The molecule has 0 aromatic heterocycles. The van der Waals surface area contributed by atoms with Crippen LogP contribution in [-0.4, -0.2) is 43.3 Å². The zero-order valence-corrected chi connectivity index (χ0v) is 15.9. The quantitative estimate of drug-likeness (QED) is 0.639. The maximum Gasteiger partial charge on any atom is 0.412 e. The lowest BCUT2D eigenvalue weighted by molar-refractivity contribution is -0.0988. The Hall–Kier alpha value is -0.810. The van der Waals surface area contributed by atoms with Crippen molar-refractivity contribution in [3.8, 4) is 0 Å². The average Bonchev–Trinajstić information content (AvgIpc) is 2.57. The first kappa shape index (κ1) is 20.5. The molecule has 0 bridgehead atoms. The van der Waals surface area contributed by atoms with E-state index in [4.69, 9.17) is 0 Å². The van der Waals surface area contributed by atoms with Crippen LogP contribution in [0, 0.1) is 5.92 Å². The molecule has 2 aliphatic rings. The maximum absolute atomic E-state index is 13.2. The van der Waals surface area contributed by atoms with Gasteiger partial charge in [-0.15, -0.1) is 0 Å². The van der Waals surface area contributed by atoms with Gasteiger partial charge in [0, 0.05) is 37.8 Å². The number of halogens is 3. The molecule has 144 valence electrons. The van der Waals surface area contributed by atoms with Gasteiger partial charge in [0.2, 0.25) is 0 Å². The molecular weight excluding hydrogens is 325 g/mol. The van der Waals surface area contributed by atoms with Crippen molar-refractivity contribution in [2.24, 2.45) is 5.92 Å². The second kappa shape index (κ2) is 9.22. The van der Waals surface area contributed by atoms with Crippen LogP contribution in [0.3, 0.4) is 0 Å². The number of hydrogen-bond acceptors (Lipinski definition) is 2. The van der Waals surface area contributed by atoms with Crippen LogP contribution in [0.2, 0.25) is 0 Å². The first-order chi connectivity index (χ1) is 11.8. The van der Waals surface area contributed by atoms with Gasteiger partial charge < -0.3 is 5.32 Å². The highest BCUT2D eigenvalue weighted by Gasteiger charge is 2.40. The zero-order chi connectivity index (χ0) is 18.4. The van der Waals surface area contributed by atoms with E-state index in [0.717, 1.165) is 44.6 Å². The SMILES string of the molecule is CCCCCCC(C1=C(C)C=C(C(F)(F)F)[C@H](C)C1)N1CCNCC1. The second-order valence-electron chi connectivity index (χ2n) is 7.56. The van der Waals surface area contributed by atoms with Crippen molar-refractivity contribution in [1.82, 2.24) is 10.2 Å². The third kappa shape index (κ3) is 5.58. The largest absolute Gasteiger partial charge is 0.412 e. The highest BCUT2D eigenvalue weighted by molar-refractivity contribution is 5.38. The summed E-state index contributed by atoms with van der Waals surface area (Å²) in [6.45, 7) is 9.70. The number of nitrogens with zero attached hydrogens (tertiary/aromatic N) is 1. The molecule has 0 spiro atoms. The van der Waals surface area contributed by atoms with Crippen LogP contribution in [0.5, 0.6) is 0 Å². The minimum Gasteiger partial charge on any atom is -0.314 e. The van der Waals surface area contributed by atoms with Gasteiger partial charge in [-0.05, 0) is 31.3 Å². The van der Waals surface area contributed by atoms with E-state index >= 15 is 0 Å². The predicted octanol–water partition coefficient (Wildman–Crippen LogP) is 5.08. The molecule has 1 heterocycles. The molecule has 25 heavy (non-hydrogen) atoms. The summed E-state index contributed by atoms with van der Waals surface area (Å²) < 4.78 is 39.7. The summed E-state index contributed by atoms with van der Waals surface area (Å²) in [5.41, 5.74) is 1.71. The predicted molar refractivity (Wildman–Crippen MR) is 97.6 cm³/mol. The molecule has 2 nitrogen and oxygen atoms in total. The molecule has 0 saturated carbocycles. The zero-order valence-electron chi connectivity index (χ0n) is 15.9. The van der Waals surface area contributed by atoms with Crippen LogP contribution in [0.4, 0.5) is 13.2 Å². The summed E-state index contributed by atoms with van der Waals surface area (Å²) in [4.78, 5) is 2.49. The minimum absolute atomic E-state index is 0.299. The molecule has 1 fully saturated rings. The summed E-state index contributed by atoms with van der Waals surface area (Å²) in [5, 5.41) is 3.38. The number of alkyl halides is 3. The van der Waals surface area contributed by atoms with E-state index in [1.54, 1.807) is 6.92 Å². The van der Waals surface area contributed by atoms with Gasteiger partial charge in [0.1, 0.15) is 0 Å². The third-order valence-electron chi connectivity index (χ3n) is 5.59. The van der Waals surface area contributed by atoms with E-state index in [1.165, 1.54) is 30.9 Å². The van der Waals surface area contributed by atoms with Crippen LogP contribution < -0.4 is 5.32 Å². The Balaban J connectivity index is 2.21. The van der Waals surface area contributed by atoms with E-state index < -0.39 is 12.1 Å². The fraction of sp³-hybridized carbons (Fsp3) is 0.800. The van der Waals surface area contributed by atoms with Crippen molar-refractivity contribution in [2.75, 3.05) is 26.2 Å². The molecule has 1 N–H and O–H groups in total. The normalized spacial score (nSPS) is 24.4. The summed E-state index contributed by atoms with van der Waals surface area (Å²) in [6.07, 6.45) is 3.61. The van der Waals surface area contributed by atoms with Crippen LogP contribution in [0.1, 0.15) is 59.3 Å². The Kier molecular flexibility index (Phi) is 7.56. The third-order valence-corrected chi connectivity index (χ3v) is 5.59. The summed E-state index contributed by atoms with van der Waals surface area (Å²) in [6, 6.07) is 0.299. The van der Waals surface area contributed by atoms with Crippen molar-refractivity contribution in [3.63, 3.8) is 0 Å². The Morgan fingerprint density at radius 3 is 2.48 bits per heavy atom. The average molecular weight is 358 g/mol. The molecule has 2 rings (SSSR count). The second-order valence-corrected chi connectivity index (χ2v) is 7.56. The smallest absolute Gasteiger partial charge is 0.314 e. The summed E-state index contributed by atoms with van der Waals surface area (Å²) in [7, 11) is 0. The molecular formula is C20H33F3N2. The lowest BCUT2D eigenvalue weighted by Crippen LogP contribution is -2.49. The van der Waals surface area contributed by atoms with Gasteiger partial charge >= 0.3 is 6.18 Å². The van der Waals surface area contributed by atoms with Crippen molar-refractivity contribution < 1.29 is 13.2 Å². The van der Waals surface area contributed by atoms with E-state index in [2.05, 4.69) is 17.1 Å². The number of nitrogens with one attached hydrogen (secondary N) is 1. The van der Waals surface area contributed by atoms with Crippen molar-refractivity contribution in [3.05, 3.63) is 22.8 Å². The Morgan fingerprint density at radius 2 is 1.88 bits per heavy atom. The Morgan fingerprint density at radius 1 is 1.20 bits per heavy atom. The van der Waals surface area contributed by atoms with Gasteiger partial charge in [-0.1, -0.05) is 51.2 Å². The highest BCUT2D eigenvalue weighted by atomic mass is 19.4. The Labute approximate surface area is 150 Å². The topological polar surface area (TPSA) is 15.3 Å². The van der Waals surface area contributed by atoms with Crippen LogP contribution >= 0.6 is 0 Å². The fourth-order valence-corrected chi connectivity index (χ4v) is 4.16. The van der Waals surface area contributed by atoms with E-state index in [1.807, 2.05) is 6.92 Å². The Bertz CT molecular complexity index is 488. The molecule has 1 aliphatic carbocycles. The van der Waals surface area contributed by atoms with E-state index in [-0.39, 0.29) is 5.57 Å². The number of rotatable bonds is 7. The number of allylic oxidation sites excluding steroid dienone is 3. The molecule has 0 radical (unpaired) electrons. The lowest BCUT2D eigenvalue weighted by Gasteiger charge is -2.39. The first-order valence-corrected chi connectivity index (χ1v) is 9.77. The standard InChI is InChI=1S/C20H33F3N2/c1-4-5-6-7-8-19(25-11-9-24-10-12-25)17-13-16(3)18(14-15(17)2)20(21,22)23/h14,16,19,24H,4-13H2,1-3H3/t16-,19?/m1/s1. The molecule has 0 amide bonds. The minimum atomic E-state index is -4.21. The van der Waals surface area contributed by atoms with Crippen molar-refractivity contribution in [2.45, 2.75) is 71.5 Å². The summed E-state index contributed by atoms with van der Waals surface area (Å²) in [5.74, 6) is -0.445. The summed E-state index contributed by atoms with van der Waals surface area (Å²) >= 11 is 0. The van der Waals surface area contributed by atoms with Crippen molar-refractivity contribution >= 4 is 0 Å². The molecule has 1 aliphatic heterocycles.